The van der Waals surface area contributed by atoms with E-state index in [0.717, 1.165) is 0 Å². The number of methoxy groups -OCH3 is 1. The summed E-state index contributed by atoms with van der Waals surface area (Å²) in [6.45, 7) is 4.92. The van der Waals surface area contributed by atoms with E-state index in [1.807, 2.05) is 6.92 Å². The monoisotopic (exact) mass is 308 g/mol. The van der Waals surface area contributed by atoms with Crippen molar-refractivity contribution in [2.24, 2.45) is 0 Å². The first-order valence-corrected chi connectivity index (χ1v) is 7.39. The topological polar surface area (TPSA) is 97.6 Å². The first kappa shape index (κ1) is 18.8. The van der Waals surface area contributed by atoms with Gasteiger partial charge in [0.25, 0.3) is 0 Å². The van der Waals surface area contributed by atoms with Gasteiger partial charge in [0.15, 0.2) is 12.6 Å². The fourth-order valence-electron chi connectivity index (χ4n) is 2.19. The smallest absolute Gasteiger partial charge is 0.160 e. The molecule has 0 aromatic rings. The summed E-state index contributed by atoms with van der Waals surface area (Å²) in [5.41, 5.74) is 0. The van der Waals surface area contributed by atoms with Crippen LogP contribution in [-0.4, -0.2) is 72.1 Å². The Hall–Kier alpha value is -0.280. The lowest BCUT2D eigenvalue weighted by Crippen LogP contribution is -2.50. The second kappa shape index (κ2) is 8.99. The van der Waals surface area contributed by atoms with E-state index in [0.29, 0.717) is 12.8 Å². The minimum atomic E-state index is -0.965. The standard InChI is InChI=1S/C14H28O7/c1-5-12(19-8(2)10(16)7-15)21-11-6-13(18-4)20-9(3)14(11)17/h8-17H,5-7H2,1-4H3/t8?,9?,10-,11+,12-,13+,14+/m0/s1. The van der Waals surface area contributed by atoms with Gasteiger partial charge in [-0.3, -0.25) is 0 Å². The molecule has 1 heterocycles. The van der Waals surface area contributed by atoms with Crippen molar-refractivity contribution in [2.75, 3.05) is 13.7 Å². The lowest BCUT2D eigenvalue weighted by Gasteiger charge is -2.39. The summed E-state index contributed by atoms with van der Waals surface area (Å²) < 4.78 is 22.0. The van der Waals surface area contributed by atoms with Gasteiger partial charge in [0, 0.05) is 13.5 Å². The molecule has 7 nitrogen and oxygen atoms in total. The van der Waals surface area contributed by atoms with Gasteiger partial charge in [-0.2, -0.15) is 0 Å². The van der Waals surface area contributed by atoms with Crippen molar-refractivity contribution in [2.45, 2.75) is 76.7 Å². The lowest BCUT2D eigenvalue weighted by molar-refractivity contribution is -0.285. The first-order chi connectivity index (χ1) is 9.92. The van der Waals surface area contributed by atoms with Crippen molar-refractivity contribution in [1.29, 1.82) is 0 Å². The lowest BCUT2D eigenvalue weighted by atomic mass is 10.0. The molecule has 1 aliphatic heterocycles. The molecule has 1 aliphatic rings. The fourth-order valence-corrected chi connectivity index (χ4v) is 2.19. The van der Waals surface area contributed by atoms with Crippen molar-refractivity contribution in [1.82, 2.24) is 0 Å². The Balaban J connectivity index is 2.58. The highest BCUT2D eigenvalue weighted by molar-refractivity contribution is 4.82. The summed E-state index contributed by atoms with van der Waals surface area (Å²) in [4.78, 5) is 0. The maximum absolute atomic E-state index is 10.1. The third-order valence-corrected chi connectivity index (χ3v) is 3.67. The van der Waals surface area contributed by atoms with Crippen molar-refractivity contribution >= 4 is 0 Å². The Morgan fingerprint density at radius 3 is 2.57 bits per heavy atom. The van der Waals surface area contributed by atoms with Gasteiger partial charge in [0.05, 0.1) is 24.9 Å². The van der Waals surface area contributed by atoms with Crippen LogP contribution in [0.1, 0.15) is 33.6 Å². The van der Waals surface area contributed by atoms with E-state index in [-0.39, 0.29) is 6.61 Å². The van der Waals surface area contributed by atoms with Crippen LogP contribution in [0.4, 0.5) is 0 Å². The molecule has 2 unspecified atom stereocenters. The summed E-state index contributed by atoms with van der Waals surface area (Å²) in [7, 11) is 1.54. The van der Waals surface area contributed by atoms with Gasteiger partial charge in [-0.15, -0.1) is 0 Å². The number of rotatable bonds is 8. The number of aliphatic hydroxyl groups is 3. The Labute approximate surface area is 125 Å². The molecule has 0 bridgehead atoms. The summed E-state index contributed by atoms with van der Waals surface area (Å²) in [6.07, 6.45) is -3.21. The minimum Gasteiger partial charge on any atom is -0.394 e. The van der Waals surface area contributed by atoms with Gasteiger partial charge in [-0.05, 0) is 20.3 Å². The van der Waals surface area contributed by atoms with Crippen molar-refractivity contribution in [3.63, 3.8) is 0 Å². The first-order valence-electron chi connectivity index (χ1n) is 7.39. The van der Waals surface area contributed by atoms with Crippen LogP contribution >= 0.6 is 0 Å². The van der Waals surface area contributed by atoms with Crippen LogP contribution in [-0.2, 0) is 18.9 Å². The summed E-state index contributed by atoms with van der Waals surface area (Å²) in [5, 5.41) is 28.6. The van der Waals surface area contributed by atoms with E-state index in [1.165, 1.54) is 0 Å². The van der Waals surface area contributed by atoms with Gasteiger partial charge in [-0.1, -0.05) is 6.92 Å². The molecule has 0 spiro atoms. The molecule has 3 N–H and O–H groups in total. The Morgan fingerprint density at radius 2 is 2.05 bits per heavy atom. The van der Waals surface area contributed by atoms with Gasteiger partial charge in [-0.25, -0.2) is 0 Å². The zero-order valence-corrected chi connectivity index (χ0v) is 13.1. The normalized spacial score (nSPS) is 34.4. The third kappa shape index (κ3) is 5.45. The molecule has 0 saturated carbocycles. The average Bonchev–Trinajstić information content (AvgIpc) is 2.49. The maximum atomic E-state index is 10.1. The van der Waals surface area contributed by atoms with Gasteiger partial charge in [0.2, 0.25) is 0 Å². The fraction of sp³-hybridized carbons (Fsp3) is 1.00. The molecule has 126 valence electrons. The largest absolute Gasteiger partial charge is 0.394 e. The quantitative estimate of drug-likeness (QED) is 0.543. The highest BCUT2D eigenvalue weighted by Gasteiger charge is 2.37. The zero-order valence-electron chi connectivity index (χ0n) is 13.1. The second-order valence-electron chi connectivity index (χ2n) is 5.34. The molecular formula is C14H28O7. The highest BCUT2D eigenvalue weighted by Crippen LogP contribution is 2.25. The molecule has 1 fully saturated rings. The maximum Gasteiger partial charge on any atom is 0.160 e. The van der Waals surface area contributed by atoms with Gasteiger partial charge >= 0.3 is 0 Å². The van der Waals surface area contributed by atoms with Crippen molar-refractivity contribution in [3.05, 3.63) is 0 Å². The van der Waals surface area contributed by atoms with E-state index < -0.39 is 43.1 Å². The third-order valence-electron chi connectivity index (χ3n) is 3.67. The average molecular weight is 308 g/mol. The second-order valence-corrected chi connectivity index (χ2v) is 5.34. The number of aliphatic hydroxyl groups excluding tert-OH is 3. The zero-order chi connectivity index (χ0) is 16.0. The number of ether oxygens (including phenoxy) is 4. The molecule has 0 aromatic carbocycles. The Kier molecular flexibility index (Phi) is 8.04. The molecule has 1 rings (SSSR count). The van der Waals surface area contributed by atoms with E-state index in [1.54, 1.807) is 21.0 Å². The van der Waals surface area contributed by atoms with E-state index >= 15 is 0 Å². The van der Waals surface area contributed by atoms with E-state index in [4.69, 9.17) is 24.1 Å². The predicted molar refractivity (Wildman–Crippen MR) is 74.6 cm³/mol. The van der Waals surface area contributed by atoms with Crippen molar-refractivity contribution in [3.8, 4) is 0 Å². The van der Waals surface area contributed by atoms with Crippen LogP contribution in [0.3, 0.4) is 0 Å². The van der Waals surface area contributed by atoms with Crippen LogP contribution < -0.4 is 0 Å². The van der Waals surface area contributed by atoms with Crippen LogP contribution in [0.15, 0.2) is 0 Å². The molecular weight excluding hydrogens is 280 g/mol. The van der Waals surface area contributed by atoms with Crippen molar-refractivity contribution < 1.29 is 34.3 Å². The molecule has 0 radical (unpaired) electrons. The predicted octanol–water partition coefficient (Wildman–Crippen LogP) is 0.00820. The van der Waals surface area contributed by atoms with Crippen LogP contribution in [0, 0.1) is 0 Å². The summed E-state index contributed by atoms with van der Waals surface area (Å²) in [5.74, 6) is 0. The minimum absolute atomic E-state index is 0.375. The molecule has 0 amide bonds. The van der Waals surface area contributed by atoms with E-state index in [9.17, 15) is 10.2 Å². The van der Waals surface area contributed by atoms with Crippen LogP contribution in [0.5, 0.6) is 0 Å². The Bertz CT molecular complexity index is 288. The number of hydrogen-bond acceptors (Lipinski definition) is 7. The van der Waals surface area contributed by atoms with Crippen LogP contribution in [0.25, 0.3) is 0 Å². The molecule has 21 heavy (non-hydrogen) atoms. The molecule has 1 saturated heterocycles. The highest BCUT2D eigenvalue weighted by atomic mass is 16.7. The molecule has 0 aliphatic carbocycles. The summed E-state index contributed by atoms with van der Waals surface area (Å²) >= 11 is 0. The summed E-state index contributed by atoms with van der Waals surface area (Å²) in [6, 6.07) is 0. The SMILES string of the molecule is CC[C@@H](OC(C)[C@@H](O)CO)O[C@@H]1C[C@H](OC)OC(C)[C@H]1O. The van der Waals surface area contributed by atoms with Gasteiger partial charge < -0.3 is 34.3 Å². The van der Waals surface area contributed by atoms with Gasteiger partial charge in [0.1, 0.15) is 12.2 Å². The Morgan fingerprint density at radius 1 is 1.38 bits per heavy atom. The van der Waals surface area contributed by atoms with E-state index in [2.05, 4.69) is 0 Å². The molecule has 7 atom stereocenters. The number of hydrogen-bond donors (Lipinski definition) is 3. The van der Waals surface area contributed by atoms with Crippen LogP contribution in [0.2, 0.25) is 0 Å². The molecule has 7 heteroatoms. The molecule has 0 aromatic heterocycles.